The number of rotatable bonds is 9. The van der Waals surface area contributed by atoms with Crippen LogP contribution in [0, 0.1) is 5.92 Å². The van der Waals surface area contributed by atoms with Gasteiger partial charge in [-0.15, -0.1) is 0 Å². The van der Waals surface area contributed by atoms with E-state index in [0.29, 0.717) is 25.4 Å². The maximum absolute atomic E-state index is 11.5. The van der Waals surface area contributed by atoms with Gasteiger partial charge in [-0.25, -0.2) is 0 Å². The van der Waals surface area contributed by atoms with Gasteiger partial charge in [-0.3, -0.25) is 4.79 Å². The highest BCUT2D eigenvalue weighted by Crippen LogP contribution is 2.28. The van der Waals surface area contributed by atoms with Gasteiger partial charge in [-0.05, 0) is 25.7 Å². The summed E-state index contributed by atoms with van der Waals surface area (Å²) in [4.78, 5) is 11.5. The molecule has 1 rings (SSSR count). The molecule has 4 nitrogen and oxygen atoms in total. The molecule has 0 spiro atoms. The van der Waals surface area contributed by atoms with Gasteiger partial charge in [0.15, 0.2) is 0 Å². The van der Waals surface area contributed by atoms with Crippen molar-refractivity contribution in [3.05, 3.63) is 0 Å². The molecule has 0 heterocycles. The summed E-state index contributed by atoms with van der Waals surface area (Å²) in [6, 6.07) is 0.250. The molecule has 1 aliphatic rings. The number of carbonyl (C=O) groups is 1. The highest BCUT2D eigenvalue weighted by Gasteiger charge is 2.18. The van der Waals surface area contributed by atoms with Crippen molar-refractivity contribution >= 4 is 5.91 Å². The first kappa shape index (κ1) is 16.4. The average molecular weight is 270 g/mol. The topological polar surface area (TPSA) is 61.4 Å². The van der Waals surface area contributed by atoms with Gasteiger partial charge in [0, 0.05) is 25.6 Å². The van der Waals surface area contributed by atoms with Crippen LogP contribution in [0.3, 0.4) is 0 Å². The fourth-order valence-corrected chi connectivity index (χ4v) is 2.63. The van der Waals surface area contributed by atoms with Gasteiger partial charge in [-0.1, -0.05) is 32.6 Å². The number of carbonyl (C=O) groups excluding carboxylic acids is 1. The summed E-state index contributed by atoms with van der Waals surface area (Å²) in [6.07, 6.45) is 7.27. The van der Waals surface area contributed by atoms with E-state index in [-0.39, 0.29) is 18.1 Å². The van der Waals surface area contributed by atoms with E-state index < -0.39 is 0 Å². The molecular formula is C15H30N2O2. The zero-order valence-corrected chi connectivity index (χ0v) is 12.5. The summed E-state index contributed by atoms with van der Waals surface area (Å²) < 4.78 is 0. The molecule has 4 heteroatoms. The highest BCUT2D eigenvalue weighted by molar-refractivity contribution is 5.76. The van der Waals surface area contributed by atoms with Gasteiger partial charge in [0.25, 0.3) is 0 Å². The number of hydrogen-bond donors (Lipinski definition) is 3. The molecule has 0 bridgehead atoms. The Labute approximate surface area is 117 Å². The molecule has 2 unspecified atom stereocenters. The van der Waals surface area contributed by atoms with E-state index in [4.69, 9.17) is 0 Å². The van der Waals surface area contributed by atoms with Crippen LogP contribution in [-0.4, -0.2) is 36.2 Å². The monoisotopic (exact) mass is 270 g/mol. The Kier molecular flexibility index (Phi) is 8.07. The molecule has 0 aromatic rings. The van der Waals surface area contributed by atoms with Crippen LogP contribution in [-0.2, 0) is 4.79 Å². The molecule has 1 amide bonds. The van der Waals surface area contributed by atoms with Crippen LogP contribution in [0.5, 0.6) is 0 Å². The number of amides is 1. The second-order valence-electron chi connectivity index (χ2n) is 5.87. The van der Waals surface area contributed by atoms with Crippen molar-refractivity contribution in [3.8, 4) is 0 Å². The highest BCUT2D eigenvalue weighted by atomic mass is 16.3. The first-order valence-corrected chi connectivity index (χ1v) is 7.80. The zero-order chi connectivity index (χ0) is 14.1. The Morgan fingerprint density at radius 2 is 2.05 bits per heavy atom. The smallest absolute Gasteiger partial charge is 0.221 e. The second kappa shape index (κ2) is 9.32. The molecule has 1 fully saturated rings. The van der Waals surface area contributed by atoms with Crippen molar-refractivity contribution in [3.63, 3.8) is 0 Å². The molecule has 1 saturated carbocycles. The Hall–Kier alpha value is -0.610. The van der Waals surface area contributed by atoms with E-state index in [1.54, 1.807) is 0 Å². The lowest BCUT2D eigenvalue weighted by Crippen LogP contribution is -2.35. The van der Waals surface area contributed by atoms with Gasteiger partial charge in [0.1, 0.15) is 0 Å². The lowest BCUT2D eigenvalue weighted by Gasteiger charge is -2.16. The fourth-order valence-electron chi connectivity index (χ4n) is 2.63. The van der Waals surface area contributed by atoms with Crippen molar-refractivity contribution in [2.24, 2.45) is 5.92 Å². The summed E-state index contributed by atoms with van der Waals surface area (Å²) in [5, 5.41) is 16.0. The van der Waals surface area contributed by atoms with E-state index >= 15 is 0 Å². The molecule has 0 radical (unpaired) electrons. The standard InChI is InChI=1S/C15H30N2O2/c1-3-12(2)17-15(19)8-9-16-11-14(18)10-13-6-4-5-7-13/h12-14,16,18H,3-11H2,1-2H3,(H,17,19). The minimum absolute atomic E-state index is 0.0899. The third kappa shape index (κ3) is 7.53. The minimum Gasteiger partial charge on any atom is -0.392 e. The summed E-state index contributed by atoms with van der Waals surface area (Å²) in [6.45, 7) is 5.32. The molecule has 3 N–H and O–H groups in total. The third-order valence-corrected chi connectivity index (χ3v) is 4.01. The van der Waals surface area contributed by atoms with Crippen molar-refractivity contribution in [2.75, 3.05) is 13.1 Å². The molecule has 0 aliphatic heterocycles. The average Bonchev–Trinajstić information content (AvgIpc) is 2.87. The first-order chi connectivity index (χ1) is 9.11. The Morgan fingerprint density at radius 3 is 2.68 bits per heavy atom. The molecule has 2 atom stereocenters. The van der Waals surface area contributed by atoms with Gasteiger partial charge in [0.05, 0.1) is 6.10 Å². The van der Waals surface area contributed by atoms with Gasteiger partial charge in [0.2, 0.25) is 5.91 Å². The molecule has 19 heavy (non-hydrogen) atoms. The number of hydrogen-bond acceptors (Lipinski definition) is 3. The number of aliphatic hydroxyl groups excluding tert-OH is 1. The van der Waals surface area contributed by atoms with Gasteiger partial charge >= 0.3 is 0 Å². The normalized spacial score (nSPS) is 19.3. The predicted molar refractivity (Wildman–Crippen MR) is 78.0 cm³/mol. The Balaban J connectivity index is 1.98. The van der Waals surface area contributed by atoms with Crippen molar-refractivity contribution < 1.29 is 9.90 Å². The quantitative estimate of drug-likeness (QED) is 0.560. The lowest BCUT2D eigenvalue weighted by molar-refractivity contribution is -0.121. The Bertz CT molecular complexity index is 253. The Morgan fingerprint density at radius 1 is 1.37 bits per heavy atom. The van der Waals surface area contributed by atoms with Crippen molar-refractivity contribution in [2.45, 2.75) is 70.9 Å². The molecule has 1 aliphatic carbocycles. The van der Waals surface area contributed by atoms with Crippen LogP contribution in [0.2, 0.25) is 0 Å². The summed E-state index contributed by atoms with van der Waals surface area (Å²) >= 11 is 0. The maximum atomic E-state index is 11.5. The van der Waals surface area contributed by atoms with Gasteiger partial charge in [-0.2, -0.15) is 0 Å². The van der Waals surface area contributed by atoms with Gasteiger partial charge < -0.3 is 15.7 Å². The summed E-state index contributed by atoms with van der Waals surface area (Å²) in [7, 11) is 0. The van der Waals surface area contributed by atoms with Crippen LogP contribution in [0.1, 0.15) is 58.8 Å². The van der Waals surface area contributed by atoms with Crippen LogP contribution < -0.4 is 10.6 Å². The van der Waals surface area contributed by atoms with E-state index in [9.17, 15) is 9.90 Å². The van der Waals surface area contributed by atoms with Crippen LogP contribution >= 0.6 is 0 Å². The molecule has 0 saturated heterocycles. The molecular weight excluding hydrogens is 240 g/mol. The van der Waals surface area contributed by atoms with E-state index in [2.05, 4.69) is 17.6 Å². The summed E-state index contributed by atoms with van der Waals surface area (Å²) in [5.74, 6) is 0.803. The van der Waals surface area contributed by atoms with Crippen LogP contribution in [0.15, 0.2) is 0 Å². The lowest BCUT2D eigenvalue weighted by atomic mass is 10.0. The third-order valence-electron chi connectivity index (χ3n) is 4.01. The number of aliphatic hydroxyl groups is 1. The zero-order valence-electron chi connectivity index (χ0n) is 12.5. The van der Waals surface area contributed by atoms with E-state index in [0.717, 1.165) is 12.8 Å². The molecule has 0 aromatic heterocycles. The van der Waals surface area contributed by atoms with E-state index in [1.807, 2.05) is 6.92 Å². The summed E-state index contributed by atoms with van der Waals surface area (Å²) in [5.41, 5.74) is 0. The minimum atomic E-state index is -0.263. The van der Waals surface area contributed by atoms with Crippen molar-refractivity contribution in [1.82, 2.24) is 10.6 Å². The maximum Gasteiger partial charge on any atom is 0.221 e. The molecule has 112 valence electrons. The van der Waals surface area contributed by atoms with Crippen molar-refractivity contribution in [1.29, 1.82) is 0 Å². The van der Waals surface area contributed by atoms with E-state index in [1.165, 1.54) is 25.7 Å². The van der Waals surface area contributed by atoms with Crippen LogP contribution in [0.25, 0.3) is 0 Å². The first-order valence-electron chi connectivity index (χ1n) is 7.80. The van der Waals surface area contributed by atoms with Crippen LogP contribution in [0.4, 0.5) is 0 Å². The largest absolute Gasteiger partial charge is 0.392 e. The second-order valence-corrected chi connectivity index (χ2v) is 5.87. The number of nitrogens with one attached hydrogen (secondary N) is 2. The predicted octanol–water partition coefficient (Wildman–Crippen LogP) is 1.82. The fraction of sp³-hybridized carbons (Fsp3) is 0.933. The SMILES string of the molecule is CCC(C)NC(=O)CCNCC(O)CC1CCCC1. The molecule has 0 aromatic carbocycles.